The maximum absolute atomic E-state index is 12.0. The second-order valence-corrected chi connectivity index (χ2v) is 5.78. The minimum Gasteiger partial charge on any atom is -0.324 e. The molecule has 0 spiro atoms. The summed E-state index contributed by atoms with van der Waals surface area (Å²) in [5.74, 6) is -0.00124. The Bertz CT molecular complexity index is 474. The van der Waals surface area contributed by atoms with E-state index < -0.39 is 0 Å². The summed E-state index contributed by atoms with van der Waals surface area (Å²) in [4.78, 5) is 14.2. The van der Waals surface area contributed by atoms with Crippen LogP contribution in [0.1, 0.15) is 18.4 Å². The van der Waals surface area contributed by atoms with Gasteiger partial charge in [0.25, 0.3) is 0 Å². The number of benzene rings is 1. The second kappa shape index (κ2) is 8.59. The van der Waals surface area contributed by atoms with Gasteiger partial charge in [-0.3, -0.25) is 9.69 Å². The van der Waals surface area contributed by atoms with E-state index in [1.165, 1.54) is 0 Å². The van der Waals surface area contributed by atoms with E-state index in [0.29, 0.717) is 23.3 Å². The molecule has 1 aliphatic rings. The summed E-state index contributed by atoms with van der Waals surface area (Å²) in [6.45, 7) is 4.32. The first-order valence-corrected chi connectivity index (χ1v) is 7.42. The third kappa shape index (κ3) is 5.47. The molecule has 1 aliphatic heterocycles. The lowest BCUT2D eigenvalue weighted by Gasteiger charge is -2.31. The maximum atomic E-state index is 12.0. The van der Waals surface area contributed by atoms with E-state index in [1.807, 2.05) is 32.2 Å². The molecule has 1 fully saturated rings. The van der Waals surface area contributed by atoms with Crippen molar-refractivity contribution in [2.24, 2.45) is 0 Å². The highest BCUT2D eigenvalue weighted by Gasteiger charge is 2.19. The Morgan fingerprint density at radius 3 is 2.62 bits per heavy atom. The van der Waals surface area contributed by atoms with Gasteiger partial charge in [-0.15, -0.1) is 12.4 Å². The number of nitrogens with zero attached hydrogens (tertiary/aromatic N) is 1. The molecule has 118 valence electrons. The SMILES string of the molecule is CNC1CCN(CC(=O)Nc2ccc(C)cc2Cl)CC1.Cl. The van der Waals surface area contributed by atoms with E-state index >= 15 is 0 Å². The van der Waals surface area contributed by atoms with Crippen molar-refractivity contribution in [2.75, 3.05) is 32.0 Å². The van der Waals surface area contributed by atoms with Crippen LogP contribution in [0.15, 0.2) is 18.2 Å². The van der Waals surface area contributed by atoms with Crippen molar-refractivity contribution in [2.45, 2.75) is 25.8 Å². The van der Waals surface area contributed by atoms with Gasteiger partial charge >= 0.3 is 0 Å². The molecule has 2 rings (SSSR count). The average Bonchev–Trinajstić information content (AvgIpc) is 2.43. The maximum Gasteiger partial charge on any atom is 0.238 e. The molecule has 1 heterocycles. The van der Waals surface area contributed by atoms with Crippen LogP contribution in [0.3, 0.4) is 0 Å². The van der Waals surface area contributed by atoms with E-state index in [0.717, 1.165) is 31.5 Å². The van der Waals surface area contributed by atoms with Gasteiger partial charge in [0.05, 0.1) is 17.3 Å². The van der Waals surface area contributed by atoms with Gasteiger partial charge < -0.3 is 10.6 Å². The van der Waals surface area contributed by atoms with Crippen LogP contribution in [0.5, 0.6) is 0 Å². The molecule has 0 aliphatic carbocycles. The molecule has 21 heavy (non-hydrogen) atoms. The van der Waals surface area contributed by atoms with Crippen LogP contribution in [0.25, 0.3) is 0 Å². The summed E-state index contributed by atoms with van der Waals surface area (Å²) >= 11 is 6.12. The second-order valence-electron chi connectivity index (χ2n) is 5.37. The molecule has 0 atom stereocenters. The number of piperidine rings is 1. The molecule has 2 N–H and O–H groups in total. The van der Waals surface area contributed by atoms with Gasteiger partial charge in [-0.05, 0) is 44.5 Å². The molecule has 0 aromatic heterocycles. The summed E-state index contributed by atoms with van der Waals surface area (Å²) in [7, 11) is 1.99. The Labute approximate surface area is 137 Å². The Morgan fingerprint density at radius 2 is 2.05 bits per heavy atom. The van der Waals surface area contributed by atoms with E-state index in [2.05, 4.69) is 15.5 Å². The van der Waals surface area contributed by atoms with E-state index in [1.54, 1.807) is 0 Å². The summed E-state index contributed by atoms with van der Waals surface area (Å²) < 4.78 is 0. The minimum absolute atomic E-state index is 0. The Kier molecular flexibility index (Phi) is 7.46. The van der Waals surface area contributed by atoms with Crippen LogP contribution in [0, 0.1) is 6.92 Å². The fourth-order valence-corrected chi connectivity index (χ4v) is 2.78. The number of nitrogens with one attached hydrogen (secondary N) is 2. The number of hydrogen-bond donors (Lipinski definition) is 2. The van der Waals surface area contributed by atoms with Crippen LogP contribution < -0.4 is 10.6 Å². The zero-order valence-corrected chi connectivity index (χ0v) is 14.1. The predicted octanol–water partition coefficient (Wildman–Crippen LogP) is 2.69. The third-order valence-electron chi connectivity index (χ3n) is 3.76. The zero-order chi connectivity index (χ0) is 14.5. The Hall–Kier alpha value is -0.810. The van der Waals surface area contributed by atoms with Gasteiger partial charge in [-0.1, -0.05) is 17.7 Å². The molecular weight excluding hydrogens is 309 g/mol. The smallest absolute Gasteiger partial charge is 0.238 e. The fourth-order valence-electron chi connectivity index (χ4n) is 2.49. The summed E-state index contributed by atoms with van der Waals surface area (Å²) in [5.41, 5.74) is 1.77. The van der Waals surface area contributed by atoms with Gasteiger partial charge in [0.15, 0.2) is 0 Å². The van der Waals surface area contributed by atoms with Crippen molar-refractivity contribution < 1.29 is 4.79 Å². The molecule has 0 radical (unpaired) electrons. The number of amides is 1. The number of carbonyl (C=O) groups is 1. The molecule has 1 saturated heterocycles. The monoisotopic (exact) mass is 331 g/mol. The highest BCUT2D eigenvalue weighted by atomic mass is 35.5. The number of aryl methyl sites for hydroxylation is 1. The van der Waals surface area contributed by atoms with Gasteiger partial charge in [0.2, 0.25) is 5.91 Å². The fraction of sp³-hybridized carbons (Fsp3) is 0.533. The molecule has 0 bridgehead atoms. The number of anilines is 1. The summed E-state index contributed by atoms with van der Waals surface area (Å²) in [5, 5.41) is 6.76. The molecule has 1 amide bonds. The van der Waals surface area contributed by atoms with Crippen molar-refractivity contribution in [3.05, 3.63) is 28.8 Å². The van der Waals surface area contributed by atoms with E-state index in [9.17, 15) is 4.79 Å². The van der Waals surface area contributed by atoms with Gasteiger partial charge in [0.1, 0.15) is 0 Å². The summed E-state index contributed by atoms with van der Waals surface area (Å²) in [6.07, 6.45) is 2.18. The molecule has 4 nitrogen and oxygen atoms in total. The number of likely N-dealkylation sites (tertiary alicyclic amines) is 1. The molecular formula is C15H23Cl2N3O. The largest absolute Gasteiger partial charge is 0.324 e. The van der Waals surface area contributed by atoms with Crippen molar-refractivity contribution in [1.82, 2.24) is 10.2 Å². The highest BCUT2D eigenvalue weighted by molar-refractivity contribution is 6.33. The van der Waals surface area contributed by atoms with Crippen LogP contribution in [0.2, 0.25) is 5.02 Å². The Balaban J connectivity index is 0.00000220. The lowest BCUT2D eigenvalue weighted by molar-refractivity contribution is -0.117. The van der Waals surface area contributed by atoms with Crippen molar-refractivity contribution in [3.63, 3.8) is 0 Å². The lowest BCUT2D eigenvalue weighted by atomic mass is 10.1. The summed E-state index contributed by atoms with van der Waals surface area (Å²) in [6, 6.07) is 6.24. The first-order valence-electron chi connectivity index (χ1n) is 7.04. The number of hydrogen-bond acceptors (Lipinski definition) is 3. The topological polar surface area (TPSA) is 44.4 Å². The van der Waals surface area contributed by atoms with Crippen LogP contribution >= 0.6 is 24.0 Å². The van der Waals surface area contributed by atoms with Crippen molar-refractivity contribution in [1.29, 1.82) is 0 Å². The molecule has 1 aromatic rings. The number of carbonyl (C=O) groups excluding carboxylic acids is 1. The average molecular weight is 332 g/mol. The number of rotatable bonds is 4. The Morgan fingerprint density at radius 1 is 1.38 bits per heavy atom. The van der Waals surface area contributed by atoms with Crippen LogP contribution in [-0.4, -0.2) is 43.5 Å². The van der Waals surface area contributed by atoms with Crippen LogP contribution in [-0.2, 0) is 4.79 Å². The molecule has 1 aromatic carbocycles. The highest BCUT2D eigenvalue weighted by Crippen LogP contribution is 2.22. The quantitative estimate of drug-likeness (QED) is 0.891. The van der Waals surface area contributed by atoms with Gasteiger partial charge in [-0.2, -0.15) is 0 Å². The van der Waals surface area contributed by atoms with Crippen molar-refractivity contribution >= 4 is 35.6 Å². The molecule has 0 saturated carbocycles. The van der Waals surface area contributed by atoms with Crippen LogP contribution in [0.4, 0.5) is 5.69 Å². The first kappa shape index (κ1) is 18.2. The minimum atomic E-state index is -0.00124. The predicted molar refractivity (Wildman–Crippen MR) is 90.6 cm³/mol. The number of halogens is 2. The van der Waals surface area contributed by atoms with Crippen molar-refractivity contribution in [3.8, 4) is 0 Å². The first-order chi connectivity index (χ1) is 9.58. The van der Waals surface area contributed by atoms with E-state index in [4.69, 9.17) is 11.6 Å². The lowest BCUT2D eigenvalue weighted by Crippen LogP contribution is -2.44. The molecule has 6 heteroatoms. The molecule has 0 unspecified atom stereocenters. The normalized spacial score (nSPS) is 16.3. The van der Waals surface area contributed by atoms with E-state index in [-0.39, 0.29) is 18.3 Å². The standard InChI is InChI=1S/C15H22ClN3O.ClH/c1-11-3-4-14(13(16)9-11)18-15(20)10-19-7-5-12(17-2)6-8-19;/h3-4,9,12,17H,5-8,10H2,1-2H3,(H,18,20);1H. The zero-order valence-electron chi connectivity index (χ0n) is 12.5. The van der Waals surface area contributed by atoms with Gasteiger partial charge in [0, 0.05) is 19.1 Å². The van der Waals surface area contributed by atoms with Gasteiger partial charge in [-0.25, -0.2) is 0 Å². The third-order valence-corrected chi connectivity index (χ3v) is 4.07.